The number of rotatable bonds is 1. The van der Waals surface area contributed by atoms with Crippen molar-refractivity contribution >= 4 is 12.0 Å². The molecule has 0 aromatic rings. The average Bonchev–Trinajstić information content (AvgIpc) is 2.75. The SMILES string of the molecule is O=C(O)[C@@H]1CCCN1.O=C1NCCN1. The van der Waals surface area contributed by atoms with Crippen LogP contribution in [0.15, 0.2) is 0 Å². The van der Waals surface area contributed by atoms with E-state index in [1.807, 2.05) is 0 Å². The summed E-state index contributed by atoms with van der Waals surface area (Å²) in [6, 6.07) is -0.315. The Kier molecular flexibility index (Phi) is 4.18. The van der Waals surface area contributed by atoms with Crippen molar-refractivity contribution in [3.63, 3.8) is 0 Å². The van der Waals surface area contributed by atoms with Crippen molar-refractivity contribution < 1.29 is 14.7 Å². The van der Waals surface area contributed by atoms with Crippen LogP contribution in [-0.2, 0) is 4.79 Å². The lowest BCUT2D eigenvalue weighted by molar-refractivity contribution is -0.139. The number of carboxylic acid groups (broad SMARTS) is 1. The third-order valence-electron chi connectivity index (χ3n) is 2.05. The van der Waals surface area contributed by atoms with Crippen molar-refractivity contribution in [2.45, 2.75) is 18.9 Å². The molecule has 2 saturated heterocycles. The number of hydrogen-bond donors (Lipinski definition) is 4. The highest BCUT2D eigenvalue weighted by Gasteiger charge is 2.20. The van der Waals surface area contributed by atoms with Gasteiger partial charge in [-0.05, 0) is 19.4 Å². The van der Waals surface area contributed by atoms with E-state index >= 15 is 0 Å². The highest BCUT2D eigenvalue weighted by atomic mass is 16.4. The molecule has 0 aromatic carbocycles. The molecule has 0 unspecified atom stereocenters. The van der Waals surface area contributed by atoms with Gasteiger partial charge in [-0.1, -0.05) is 0 Å². The summed E-state index contributed by atoms with van der Waals surface area (Å²) in [4.78, 5) is 20.2. The second-order valence-electron chi connectivity index (χ2n) is 3.17. The summed E-state index contributed by atoms with van der Waals surface area (Å²) in [5, 5.41) is 16.3. The fourth-order valence-corrected chi connectivity index (χ4v) is 1.31. The molecule has 2 amide bonds. The fourth-order valence-electron chi connectivity index (χ4n) is 1.31. The summed E-state index contributed by atoms with van der Waals surface area (Å²) in [5.41, 5.74) is 0. The van der Waals surface area contributed by atoms with Crippen LogP contribution in [-0.4, -0.2) is 42.8 Å². The number of hydrogen-bond acceptors (Lipinski definition) is 3. The summed E-state index contributed by atoms with van der Waals surface area (Å²) in [5.74, 6) is -0.720. The molecule has 0 radical (unpaired) electrons. The van der Waals surface area contributed by atoms with Gasteiger partial charge in [0, 0.05) is 13.1 Å². The molecular weight excluding hydrogens is 186 g/mol. The first kappa shape index (κ1) is 10.8. The van der Waals surface area contributed by atoms with E-state index in [1.54, 1.807) is 0 Å². The number of aliphatic carboxylic acids is 1. The molecule has 2 aliphatic rings. The molecule has 6 nitrogen and oxygen atoms in total. The highest BCUT2D eigenvalue weighted by molar-refractivity contribution is 5.75. The van der Waals surface area contributed by atoms with Gasteiger partial charge in [0.2, 0.25) is 0 Å². The number of carbonyl (C=O) groups is 2. The quantitative estimate of drug-likeness (QED) is 0.443. The molecule has 80 valence electrons. The van der Waals surface area contributed by atoms with Gasteiger partial charge in [0.25, 0.3) is 0 Å². The molecule has 2 rings (SSSR count). The number of nitrogens with one attached hydrogen (secondary N) is 3. The molecule has 0 saturated carbocycles. The van der Waals surface area contributed by atoms with E-state index in [0.29, 0.717) is 0 Å². The predicted molar refractivity (Wildman–Crippen MR) is 50.1 cm³/mol. The van der Waals surface area contributed by atoms with E-state index in [1.165, 1.54) is 0 Å². The van der Waals surface area contributed by atoms with E-state index < -0.39 is 5.97 Å². The first-order valence-corrected chi connectivity index (χ1v) is 4.68. The molecule has 0 aliphatic carbocycles. The molecular formula is C8H15N3O3. The van der Waals surface area contributed by atoms with Gasteiger partial charge in [-0.25, -0.2) is 4.79 Å². The van der Waals surface area contributed by atoms with Crippen LogP contribution in [0.3, 0.4) is 0 Å². The van der Waals surface area contributed by atoms with Crippen LogP contribution in [0, 0.1) is 0 Å². The Labute approximate surface area is 82.1 Å². The van der Waals surface area contributed by atoms with Crippen molar-refractivity contribution in [1.82, 2.24) is 16.0 Å². The van der Waals surface area contributed by atoms with Crippen molar-refractivity contribution in [1.29, 1.82) is 0 Å². The summed E-state index contributed by atoms with van der Waals surface area (Å²) >= 11 is 0. The Hall–Kier alpha value is -1.30. The first-order chi connectivity index (χ1) is 6.70. The van der Waals surface area contributed by atoms with Crippen molar-refractivity contribution in [2.75, 3.05) is 19.6 Å². The summed E-state index contributed by atoms with van der Waals surface area (Å²) < 4.78 is 0. The molecule has 14 heavy (non-hydrogen) atoms. The van der Waals surface area contributed by atoms with Gasteiger partial charge in [0.1, 0.15) is 6.04 Å². The topological polar surface area (TPSA) is 90.5 Å². The summed E-state index contributed by atoms with van der Waals surface area (Å²) in [7, 11) is 0. The van der Waals surface area contributed by atoms with Crippen LogP contribution in [0.25, 0.3) is 0 Å². The van der Waals surface area contributed by atoms with Crippen LogP contribution in [0.2, 0.25) is 0 Å². The Bertz CT molecular complexity index is 206. The van der Waals surface area contributed by atoms with Gasteiger partial charge >= 0.3 is 12.0 Å². The maximum atomic E-state index is 10.1. The number of urea groups is 1. The summed E-state index contributed by atoms with van der Waals surface area (Å²) in [6.45, 7) is 2.41. The van der Waals surface area contributed by atoms with E-state index in [9.17, 15) is 9.59 Å². The maximum absolute atomic E-state index is 10.1. The van der Waals surface area contributed by atoms with Gasteiger partial charge in [0.15, 0.2) is 0 Å². The van der Waals surface area contributed by atoms with Gasteiger partial charge in [-0.15, -0.1) is 0 Å². The Morgan fingerprint density at radius 1 is 1.29 bits per heavy atom. The van der Waals surface area contributed by atoms with Crippen LogP contribution >= 0.6 is 0 Å². The number of carboxylic acids is 1. The molecule has 0 aromatic heterocycles. The lowest BCUT2D eigenvalue weighted by Gasteiger charge is -1.99. The Morgan fingerprint density at radius 3 is 2.14 bits per heavy atom. The normalized spacial score (nSPS) is 24.6. The summed E-state index contributed by atoms with van der Waals surface area (Å²) in [6.07, 6.45) is 1.78. The van der Waals surface area contributed by atoms with E-state index in [2.05, 4.69) is 16.0 Å². The van der Waals surface area contributed by atoms with E-state index in [4.69, 9.17) is 5.11 Å². The Balaban J connectivity index is 0.000000146. The minimum Gasteiger partial charge on any atom is -0.480 e. The maximum Gasteiger partial charge on any atom is 0.320 e. The molecule has 2 aliphatic heterocycles. The minimum atomic E-state index is -0.720. The zero-order valence-corrected chi connectivity index (χ0v) is 7.88. The second-order valence-corrected chi connectivity index (χ2v) is 3.17. The molecule has 0 spiro atoms. The van der Waals surface area contributed by atoms with E-state index in [0.717, 1.165) is 32.5 Å². The first-order valence-electron chi connectivity index (χ1n) is 4.68. The monoisotopic (exact) mass is 201 g/mol. The fraction of sp³-hybridized carbons (Fsp3) is 0.750. The molecule has 2 fully saturated rings. The smallest absolute Gasteiger partial charge is 0.320 e. The highest BCUT2D eigenvalue weighted by Crippen LogP contribution is 2.03. The second kappa shape index (κ2) is 5.43. The van der Waals surface area contributed by atoms with Gasteiger partial charge < -0.3 is 21.1 Å². The molecule has 1 atom stereocenters. The zero-order valence-electron chi connectivity index (χ0n) is 7.88. The number of amides is 2. The third kappa shape index (κ3) is 3.61. The standard InChI is InChI=1S/C5H9NO2.C3H6N2O/c7-5(8)4-2-1-3-6-4;6-3-4-1-2-5-3/h4,6H,1-3H2,(H,7,8);1-2H2,(H2,4,5,6)/t4-;/m0./s1. The molecule has 0 bridgehead atoms. The lowest BCUT2D eigenvalue weighted by Crippen LogP contribution is -2.29. The molecule has 2 heterocycles. The van der Waals surface area contributed by atoms with Crippen LogP contribution < -0.4 is 16.0 Å². The van der Waals surface area contributed by atoms with Gasteiger partial charge in [-0.2, -0.15) is 0 Å². The lowest BCUT2D eigenvalue weighted by atomic mass is 10.2. The van der Waals surface area contributed by atoms with Gasteiger partial charge in [0.05, 0.1) is 0 Å². The van der Waals surface area contributed by atoms with Crippen LogP contribution in [0.1, 0.15) is 12.8 Å². The molecule has 4 N–H and O–H groups in total. The van der Waals surface area contributed by atoms with Crippen LogP contribution in [0.5, 0.6) is 0 Å². The van der Waals surface area contributed by atoms with Crippen molar-refractivity contribution in [2.24, 2.45) is 0 Å². The van der Waals surface area contributed by atoms with Gasteiger partial charge in [-0.3, -0.25) is 4.79 Å². The average molecular weight is 201 g/mol. The van der Waals surface area contributed by atoms with Crippen LogP contribution in [0.4, 0.5) is 4.79 Å². The zero-order chi connectivity index (χ0) is 10.4. The Morgan fingerprint density at radius 2 is 1.93 bits per heavy atom. The van der Waals surface area contributed by atoms with Crippen molar-refractivity contribution in [3.05, 3.63) is 0 Å². The molecule has 6 heteroatoms. The number of carbonyl (C=O) groups excluding carboxylic acids is 1. The third-order valence-corrected chi connectivity index (χ3v) is 2.05. The predicted octanol–water partition coefficient (Wildman–Crippen LogP) is -0.878. The van der Waals surface area contributed by atoms with E-state index in [-0.39, 0.29) is 12.1 Å². The minimum absolute atomic E-state index is 0.0463. The van der Waals surface area contributed by atoms with Crippen molar-refractivity contribution in [3.8, 4) is 0 Å². The largest absolute Gasteiger partial charge is 0.480 e.